The maximum Gasteiger partial charge on any atom is 0.393 e. The Balaban J connectivity index is 1.03. The highest BCUT2D eigenvalue weighted by atomic mass is 32.1. The van der Waals surface area contributed by atoms with E-state index in [4.69, 9.17) is 5.73 Å². The van der Waals surface area contributed by atoms with E-state index in [2.05, 4.69) is 49.9 Å². The number of hydrogen-bond donors (Lipinski definition) is 2. The average molecular weight is 608 g/mol. The molecule has 7 nitrogen and oxygen atoms in total. The van der Waals surface area contributed by atoms with E-state index in [1.54, 1.807) is 6.07 Å². The van der Waals surface area contributed by atoms with E-state index < -0.39 is 12.6 Å². The number of anilines is 1. The van der Waals surface area contributed by atoms with E-state index in [1.165, 1.54) is 11.1 Å². The molecule has 0 amide bonds. The highest BCUT2D eigenvalue weighted by molar-refractivity contribution is 7.18. The topological polar surface area (TPSA) is 95.8 Å². The van der Waals surface area contributed by atoms with Crippen molar-refractivity contribution >= 4 is 38.3 Å². The number of rotatable bonds is 8. The van der Waals surface area contributed by atoms with E-state index >= 15 is 0 Å². The average Bonchev–Trinajstić information content (AvgIpc) is 3.49. The first-order valence-corrected chi connectivity index (χ1v) is 15.9. The Bertz CT molecular complexity index is 1740. The van der Waals surface area contributed by atoms with Gasteiger partial charge in [-0.15, -0.1) is 11.3 Å². The van der Waals surface area contributed by atoms with Gasteiger partial charge in [-0.05, 0) is 73.8 Å². The third-order valence-corrected chi connectivity index (χ3v) is 10.8. The fourth-order valence-electron chi connectivity index (χ4n) is 7.78. The van der Waals surface area contributed by atoms with Crippen LogP contribution < -0.4 is 11.1 Å². The predicted molar refractivity (Wildman–Crippen MR) is 163 cm³/mol. The zero-order valence-corrected chi connectivity index (χ0v) is 25.3. The molecule has 1 aromatic carbocycles. The van der Waals surface area contributed by atoms with Crippen molar-refractivity contribution in [2.24, 2.45) is 11.1 Å². The number of nitrogens with zero attached hydrogens (tertiary/aromatic N) is 5. The van der Waals surface area contributed by atoms with Crippen molar-refractivity contribution in [2.75, 3.05) is 18.4 Å². The Morgan fingerprint density at radius 3 is 2.53 bits per heavy atom. The summed E-state index contributed by atoms with van der Waals surface area (Å²) in [6.07, 6.45) is 0.408. The molecule has 4 aliphatic rings. The minimum absolute atomic E-state index is 0.0470. The highest BCUT2D eigenvalue weighted by Crippen LogP contribution is 2.66. The van der Waals surface area contributed by atoms with Crippen LogP contribution in [0.1, 0.15) is 66.6 Å². The van der Waals surface area contributed by atoms with Crippen LogP contribution in [0.3, 0.4) is 0 Å². The van der Waals surface area contributed by atoms with Gasteiger partial charge in [0.2, 0.25) is 0 Å². The van der Waals surface area contributed by atoms with Crippen LogP contribution in [0, 0.1) is 23.7 Å². The van der Waals surface area contributed by atoms with Gasteiger partial charge >= 0.3 is 6.18 Å². The molecule has 11 heteroatoms. The summed E-state index contributed by atoms with van der Waals surface area (Å²) in [6, 6.07) is 10.6. The molecule has 4 fully saturated rings. The molecule has 226 valence electrons. The van der Waals surface area contributed by atoms with Crippen LogP contribution in [-0.2, 0) is 25.9 Å². The standard InChI is InChI=1S/C32H36F3N7S/c1-3-27-39-28(25-11-23(12-32(33,34)35)43-29(25)40-27)38-21-6-8-41(9-7-21)14-20-4-5-26-24(19(20)2)10-22(13-36)42(26)18-30-15-31(37,16-30)17-30/h4-5,10-11,21H,3,6-9,12,14-18,37H2,1-2H3,(H,38,39,40). The van der Waals surface area contributed by atoms with Crippen molar-refractivity contribution in [1.82, 2.24) is 19.4 Å². The normalized spacial score (nSPS) is 24.2. The molecule has 43 heavy (non-hydrogen) atoms. The largest absolute Gasteiger partial charge is 0.393 e. The molecule has 2 bridgehead atoms. The second-order valence-corrected chi connectivity index (χ2v) is 14.3. The van der Waals surface area contributed by atoms with Gasteiger partial charge in [-0.2, -0.15) is 18.4 Å². The fraction of sp³-hybridized carbons (Fsp3) is 0.531. The van der Waals surface area contributed by atoms with Gasteiger partial charge < -0.3 is 15.6 Å². The maximum atomic E-state index is 13.0. The Morgan fingerprint density at radius 2 is 1.88 bits per heavy atom. The number of aromatic nitrogens is 3. The summed E-state index contributed by atoms with van der Waals surface area (Å²) < 4.78 is 41.3. The molecule has 3 aromatic heterocycles. The number of nitrogens with two attached hydrogens (primary N) is 1. The number of halogens is 3. The monoisotopic (exact) mass is 607 g/mol. The molecule has 4 heterocycles. The van der Waals surface area contributed by atoms with Crippen molar-refractivity contribution < 1.29 is 13.2 Å². The third kappa shape index (κ3) is 5.28. The first kappa shape index (κ1) is 28.6. The fourth-order valence-corrected chi connectivity index (χ4v) is 8.86. The van der Waals surface area contributed by atoms with Crippen LogP contribution in [0.2, 0.25) is 0 Å². The zero-order chi connectivity index (χ0) is 30.1. The summed E-state index contributed by atoms with van der Waals surface area (Å²) in [6.45, 7) is 7.62. The molecule has 0 spiro atoms. The van der Waals surface area contributed by atoms with E-state index in [1.807, 2.05) is 13.0 Å². The van der Waals surface area contributed by atoms with Crippen molar-refractivity contribution in [2.45, 2.75) is 89.6 Å². The Labute approximate surface area is 252 Å². The van der Waals surface area contributed by atoms with Crippen LogP contribution in [-0.4, -0.2) is 50.3 Å². The van der Waals surface area contributed by atoms with Gasteiger partial charge in [0.25, 0.3) is 0 Å². The molecule has 0 radical (unpaired) electrons. The second-order valence-electron chi connectivity index (χ2n) is 13.2. The summed E-state index contributed by atoms with van der Waals surface area (Å²) in [5.41, 5.74) is 11.0. The third-order valence-electron chi connectivity index (χ3n) is 9.76. The number of likely N-dealkylation sites (tertiary alicyclic amines) is 1. The summed E-state index contributed by atoms with van der Waals surface area (Å²) in [4.78, 5) is 12.5. The lowest BCUT2D eigenvalue weighted by atomic mass is 9.40. The summed E-state index contributed by atoms with van der Waals surface area (Å²) in [5.74, 6) is 1.28. The van der Waals surface area contributed by atoms with Crippen LogP contribution >= 0.6 is 11.3 Å². The molecule has 3 aliphatic carbocycles. The number of nitrogens with one attached hydrogen (secondary N) is 1. The van der Waals surface area contributed by atoms with Crippen molar-refractivity contribution in [3.05, 3.63) is 51.8 Å². The lowest BCUT2D eigenvalue weighted by molar-refractivity contribution is -0.141. The van der Waals surface area contributed by atoms with Crippen LogP contribution in [0.25, 0.3) is 21.1 Å². The molecule has 3 N–H and O–H groups in total. The molecule has 0 atom stereocenters. The molecule has 4 aromatic rings. The second kappa shape index (κ2) is 10.2. The van der Waals surface area contributed by atoms with E-state index in [9.17, 15) is 18.4 Å². The number of hydrogen-bond acceptors (Lipinski definition) is 7. The number of alkyl halides is 3. The van der Waals surface area contributed by atoms with Crippen LogP contribution in [0.15, 0.2) is 24.3 Å². The van der Waals surface area contributed by atoms with E-state index in [0.717, 1.165) is 86.2 Å². The van der Waals surface area contributed by atoms with Crippen LogP contribution in [0.5, 0.6) is 0 Å². The summed E-state index contributed by atoms with van der Waals surface area (Å²) in [7, 11) is 0. The number of aryl methyl sites for hydroxylation is 2. The molecular formula is C32H36F3N7S. The first-order valence-electron chi connectivity index (χ1n) is 15.1. The number of benzene rings is 1. The predicted octanol–water partition coefficient (Wildman–Crippen LogP) is 6.45. The quantitative estimate of drug-likeness (QED) is 0.239. The Kier molecular flexibility index (Phi) is 6.76. The van der Waals surface area contributed by atoms with Gasteiger partial charge in [-0.25, -0.2) is 9.97 Å². The first-order chi connectivity index (χ1) is 20.5. The van der Waals surface area contributed by atoms with Crippen molar-refractivity contribution in [1.29, 1.82) is 5.26 Å². The summed E-state index contributed by atoms with van der Waals surface area (Å²) in [5, 5.41) is 15.3. The Morgan fingerprint density at radius 1 is 1.14 bits per heavy atom. The number of thiophene rings is 1. The van der Waals surface area contributed by atoms with Gasteiger partial charge in [0.1, 0.15) is 28.2 Å². The maximum absolute atomic E-state index is 13.0. The van der Waals surface area contributed by atoms with Gasteiger partial charge in [0.05, 0.1) is 11.8 Å². The molecular weight excluding hydrogens is 571 g/mol. The molecule has 3 saturated carbocycles. The Hall–Kier alpha value is -3.20. The highest BCUT2D eigenvalue weighted by Gasteiger charge is 2.65. The van der Waals surface area contributed by atoms with Crippen molar-refractivity contribution in [3.8, 4) is 6.07 Å². The van der Waals surface area contributed by atoms with Crippen LogP contribution in [0.4, 0.5) is 19.0 Å². The van der Waals surface area contributed by atoms with Gasteiger partial charge in [0, 0.05) is 60.0 Å². The van der Waals surface area contributed by atoms with E-state index in [-0.39, 0.29) is 21.9 Å². The molecule has 1 aliphatic heterocycles. The number of piperidine rings is 1. The van der Waals surface area contributed by atoms with Crippen molar-refractivity contribution in [3.63, 3.8) is 0 Å². The van der Waals surface area contributed by atoms with Gasteiger partial charge in [-0.3, -0.25) is 4.90 Å². The lowest BCUT2D eigenvalue weighted by Gasteiger charge is -2.69. The van der Waals surface area contributed by atoms with E-state index in [0.29, 0.717) is 28.3 Å². The number of fused-ring (bicyclic) bond motifs is 2. The minimum Gasteiger partial charge on any atom is -0.367 e. The van der Waals surface area contributed by atoms with Gasteiger partial charge in [-0.1, -0.05) is 13.0 Å². The van der Waals surface area contributed by atoms with Gasteiger partial charge in [0.15, 0.2) is 0 Å². The smallest absolute Gasteiger partial charge is 0.367 e. The molecule has 8 rings (SSSR count). The minimum atomic E-state index is -4.25. The molecule has 1 saturated heterocycles. The molecule has 0 unspecified atom stereocenters. The lowest BCUT2D eigenvalue weighted by Crippen LogP contribution is -2.73. The number of nitriles is 1. The zero-order valence-electron chi connectivity index (χ0n) is 24.5. The summed E-state index contributed by atoms with van der Waals surface area (Å²) >= 11 is 1.10. The SMILES string of the molecule is CCc1nc(NC2CCN(Cc3ccc4c(cc(C#N)n4CC45CC(N)(C4)C5)c3C)CC2)c2cc(CC(F)(F)F)sc2n1.